The van der Waals surface area contributed by atoms with Gasteiger partial charge < -0.3 is 9.47 Å². The predicted octanol–water partition coefficient (Wildman–Crippen LogP) is 2.86. The Hall–Kier alpha value is -2.82. The van der Waals surface area contributed by atoms with Gasteiger partial charge in [0.15, 0.2) is 0 Å². The summed E-state index contributed by atoms with van der Waals surface area (Å²) in [6, 6.07) is 14.3. The highest BCUT2D eigenvalue weighted by atomic mass is 16.5. The van der Waals surface area contributed by atoms with Crippen LogP contribution < -0.4 is 14.9 Å². The summed E-state index contributed by atoms with van der Waals surface area (Å²) in [5.74, 6) is 1.20. The van der Waals surface area contributed by atoms with Crippen molar-refractivity contribution in [3.63, 3.8) is 0 Å². The van der Waals surface area contributed by atoms with Gasteiger partial charge in [0.05, 0.1) is 19.9 Å². The van der Waals surface area contributed by atoms with Crippen molar-refractivity contribution in [1.82, 2.24) is 5.43 Å². The number of carbonyl (C=O) groups is 1. The first-order valence-electron chi connectivity index (χ1n) is 6.93. The molecular weight excluding hydrogens is 280 g/mol. The smallest absolute Gasteiger partial charge is 0.271 e. The van der Waals surface area contributed by atoms with Crippen molar-refractivity contribution in [3.8, 4) is 11.5 Å². The van der Waals surface area contributed by atoms with Crippen molar-refractivity contribution in [2.45, 2.75) is 6.92 Å². The van der Waals surface area contributed by atoms with Crippen LogP contribution in [-0.4, -0.2) is 25.8 Å². The van der Waals surface area contributed by atoms with E-state index in [-0.39, 0.29) is 5.91 Å². The van der Waals surface area contributed by atoms with Gasteiger partial charge in [-0.25, -0.2) is 5.43 Å². The molecule has 0 saturated heterocycles. The highest BCUT2D eigenvalue weighted by Gasteiger charge is 2.04. The number of benzene rings is 2. The number of nitrogens with zero attached hydrogens (tertiary/aromatic N) is 1. The molecule has 0 bridgehead atoms. The van der Waals surface area contributed by atoms with E-state index in [1.807, 2.05) is 31.2 Å². The van der Waals surface area contributed by atoms with Crippen LogP contribution in [0.3, 0.4) is 0 Å². The zero-order chi connectivity index (χ0) is 15.8. The maximum absolute atomic E-state index is 11.9. The topological polar surface area (TPSA) is 59.9 Å². The Morgan fingerprint density at radius 2 is 1.95 bits per heavy atom. The van der Waals surface area contributed by atoms with Crippen LogP contribution in [0.4, 0.5) is 0 Å². The van der Waals surface area contributed by atoms with Gasteiger partial charge in [-0.05, 0) is 48.9 Å². The average Bonchev–Trinajstić information content (AvgIpc) is 2.56. The van der Waals surface area contributed by atoms with E-state index < -0.39 is 0 Å². The van der Waals surface area contributed by atoms with Gasteiger partial charge in [-0.15, -0.1) is 0 Å². The van der Waals surface area contributed by atoms with Crippen LogP contribution in [0.5, 0.6) is 11.5 Å². The highest BCUT2D eigenvalue weighted by Crippen LogP contribution is 2.12. The molecule has 0 spiro atoms. The van der Waals surface area contributed by atoms with Gasteiger partial charge in [-0.3, -0.25) is 4.79 Å². The average molecular weight is 298 g/mol. The van der Waals surface area contributed by atoms with Gasteiger partial charge in [-0.2, -0.15) is 5.10 Å². The first-order valence-corrected chi connectivity index (χ1v) is 6.93. The lowest BCUT2D eigenvalue weighted by molar-refractivity contribution is 0.0955. The first-order chi connectivity index (χ1) is 10.7. The summed E-state index contributed by atoms with van der Waals surface area (Å²) in [5.41, 5.74) is 3.84. The Morgan fingerprint density at radius 3 is 2.64 bits per heavy atom. The minimum absolute atomic E-state index is 0.276. The lowest BCUT2D eigenvalue weighted by atomic mass is 10.2. The van der Waals surface area contributed by atoms with E-state index in [0.717, 1.165) is 17.1 Å². The lowest BCUT2D eigenvalue weighted by Crippen LogP contribution is -2.17. The normalized spacial score (nSPS) is 10.5. The van der Waals surface area contributed by atoms with Gasteiger partial charge in [0.1, 0.15) is 11.5 Å². The molecule has 5 nitrogen and oxygen atoms in total. The van der Waals surface area contributed by atoms with Crippen molar-refractivity contribution in [2.24, 2.45) is 5.10 Å². The Kier molecular flexibility index (Phi) is 5.54. The van der Waals surface area contributed by atoms with E-state index in [2.05, 4.69) is 10.5 Å². The lowest BCUT2D eigenvalue weighted by Gasteiger charge is -2.04. The van der Waals surface area contributed by atoms with Gasteiger partial charge in [-0.1, -0.05) is 12.1 Å². The number of amides is 1. The number of hydrogen-bond donors (Lipinski definition) is 1. The third-order valence-electron chi connectivity index (χ3n) is 2.90. The molecule has 2 aromatic rings. The number of hydrazone groups is 1. The molecule has 114 valence electrons. The molecule has 0 fully saturated rings. The molecule has 0 heterocycles. The summed E-state index contributed by atoms with van der Waals surface area (Å²) < 4.78 is 10.4. The Balaban J connectivity index is 1.95. The molecule has 2 aromatic carbocycles. The minimum Gasteiger partial charge on any atom is -0.497 e. The van der Waals surface area contributed by atoms with E-state index in [1.165, 1.54) is 0 Å². The second kappa shape index (κ2) is 7.83. The summed E-state index contributed by atoms with van der Waals surface area (Å²) >= 11 is 0. The number of ether oxygens (including phenoxy) is 2. The van der Waals surface area contributed by atoms with Crippen molar-refractivity contribution < 1.29 is 14.3 Å². The largest absolute Gasteiger partial charge is 0.497 e. The maximum atomic E-state index is 11.9. The fraction of sp³-hybridized carbons (Fsp3) is 0.176. The Labute approximate surface area is 129 Å². The van der Waals surface area contributed by atoms with Crippen molar-refractivity contribution in [2.75, 3.05) is 13.7 Å². The van der Waals surface area contributed by atoms with Crippen LogP contribution in [0.2, 0.25) is 0 Å². The number of rotatable bonds is 6. The molecule has 0 aliphatic heterocycles. The van der Waals surface area contributed by atoms with Crippen LogP contribution >= 0.6 is 0 Å². The maximum Gasteiger partial charge on any atom is 0.271 e. The molecular formula is C17H18N2O3. The van der Waals surface area contributed by atoms with E-state index in [4.69, 9.17) is 9.47 Å². The number of hydrogen-bond acceptors (Lipinski definition) is 4. The Bertz CT molecular complexity index is 651. The standard InChI is InChI=1S/C17H18N2O3/c1-3-22-15-9-7-14(8-10-15)17(20)19-18-12-13-5-4-6-16(11-13)21-2/h4-12H,3H2,1-2H3,(H,19,20)/b18-12+. The SMILES string of the molecule is CCOc1ccc(C(=O)N/N=C/c2cccc(OC)c2)cc1. The molecule has 2 rings (SSSR count). The molecule has 0 aliphatic carbocycles. The van der Waals surface area contributed by atoms with Gasteiger partial charge >= 0.3 is 0 Å². The molecule has 22 heavy (non-hydrogen) atoms. The van der Waals surface area contributed by atoms with E-state index in [9.17, 15) is 4.79 Å². The number of carbonyl (C=O) groups excluding carboxylic acids is 1. The van der Waals surface area contributed by atoms with Crippen LogP contribution in [0, 0.1) is 0 Å². The fourth-order valence-corrected chi connectivity index (χ4v) is 1.82. The van der Waals surface area contributed by atoms with Gasteiger partial charge in [0.2, 0.25) is 0 Å². The molecule has 0 aliphatic rings. The van der Waals surface area contributed by atoms with Crippen LogP contribution in [0.1, 0.15) is 22.8 Å². The monoisotopic (exact) mass is 298 g/mol. The quantitative estimate of drug-likeness (QED) is 0.659. The zero-order valence-electron chi connectivity index (χ0n) is 12.6. The van der Waals surface area contributed by atoms with E-state index >= 15 is 0 Å². The third-order valence-corrected chi connectivity index (χ3v) is 2.90. The molecule has 0 saturated carbocycles. The molecule has 1 amide bonds. The zero-order valence-corrected chi connectivity index (χ0v) is 12.6. The molecule has 5 heteroatoms. The van der Waals surface area contributed by atoms with Crippen molar-refractivity contribution in [3.05, 3.63) is 59.7 Å². The second-order valence-corrected chi connectivity index (χ2v) is 4.43. The third kappa shape index (κ3) is 4.34. The van der Waals surface area contributed by atoms with Crippen molar-refractivity contribution in [1.29, 1.82) is 0 Å². The minimum atomic E-state index is -0.276. The van der Waals surface area contributed by atoms with E-state index in [1.54, 1.807) is 37.6 Å². The molecule has 0 radical (unpaired) electrons. The van der Waals surface area contributed by atoms with Crippen LogP contribution in [-0.2, 0) is 0 Å². The van der Waals surface area contributed by atoms with Gasteiger partial charge in [0.25, 0.3) is 5.91 Å². The summed E-state index contributed by atoms with van der Waals surface area (Å²) in [6.07, 6.45) is 1.56. The van der Waals surface area contributed by atoms with Gasteiger partial charge in [0, 0.05) is 5.56 Å². The van der Waals surface area contributed by atoms with E-state index in [0.29, 0.717) is 12.2 Å². The first kappa shape index (κ1) is 15.6. The predicted molar refractivity (Wildman–Crippen MR) is 85.7 cm³/mol. The summed E-state index contributed by atoms with van der Waals surface area (Å²) in [6.45, 7) is 2.50. The van der Waals surface area contributed by atoms with Crippen LogP contribution in [0.25, 0.3) is 0 Å². The summed E-state index contributed by atoms with van der Waals surface area (Å²) in [7, 11) is 1.60. The van der Waals surface area contributed by atoms with Crippen LogP contribution in [0.15, 0.2) is 53.6 Å². The highest BCUT2D eigenvalue weighted by molar-refractivity contribution is 5.95. The summed E-state index contributed by atoms with van der Waals surface area (Å²) in [5, 5.41) is 3.94. The number of nitrogens with one attached hydrogen (secondary N) is 1. The number of methoxy groups -OCH3 is 1. The molecule has 0 atom stereocenters. The second-order valence-electron chi connectivity index (χ2n) is 4.43. The summed E-state index contributed by atoms with van der Waals surface area (Å²) in [4.78, 5) is 11.9. The fourth-order valence-electron chi connectivity index (χ4n) is 1.82. The Morgan fingerprint density at radius 1 is 1.18 bits per heavy atom. The molecule has 0 unspecified atom stereocenters. The molecule has 0 aromatic heterocycles. The molecule has 1 N–H and O–H groups in total. The van der Waals surface area contributed by atoms with Crippen molar-refractivity contribution >= 4 is 12.1 Å².